The molecule has 0 saturated heterocycles. The number of guanidine groups is 1. The zero-order chi connectivity index (χ0) is 18.5. The summed E-state index contributed by atoms with van der Waals surface area (Å²) in [6, 6.07) is 18.3. The number of unbranched alkanes of at least 4 members (excludes halogenated alkanes) is 1. The number of aliphatic imine (C=N–C) groups is 1. The molecule has 26 heavy (non-hydrogen) atoms. The lowest BCUT2D eigenvalue weighted by molar-refractivity contribution is 0.305. The number of thioether (sulfide) groups is 1. The second kappa shape index (κ2) is 12.3. The van der Waals surface area contributed by atoms with Crippen LogP contribution in [0.2, 0.25) is 0 Å². The van der Waals surface area contributed by atoms with Crippen LogP contribution in [0.5, 0.6) is 5.75 Å². The van der Waals surface area contributed by atoms with Crippen LogP contribution in [-0.4, -0.2) is 31.6 Å². The topological polar surface area (TPSA) is 45.7 Å². The summed E-state index contributed by atoms with van der Waals surface area (Å²) in [5.74, 6) is 2.94. The molecule has 0 heterocycles. The van der Waals surface area contributed by atoms with Gasteiger partial charge in [-0.05, 0) is 48.1 Å². The minimum Gasteiger partial charge on any atom is -0.489 e. The normalized spacial score (nSPS) is 11.2. The molecule has 2 rings (SSSR count). The van der Waals surface area contributed by atoms with E-state index in [0.717, 1.165) is 31.2 Å². The van der Waals surface area contributed by atoms with Crippen molar-refractivity contribution in [3.05, 3.63) is 65.7 Å². The van der Waals surface area contributed by atoms with Gasteiger partial charge >= 0.3 is 0 Å². The highest BCUT2D eigenvalue weighted by molar-refractivity contribution is 7.98. The summed E-state index contributed by atoms with van der Waals surface area (Å²) in [7, 11) is 1.81. The number of benzene rings is 2. The zero-order valence-corrected chi connectivity index (χ0v) is 16.5. The first-order chi connectivity index (χ1) is 12.8. The molecule has 0 amide bonds. The van der Waals surface area contributed by atoms with Gasteiger partial charge in [-0.25, -0.2) is 0 Å². The van der Waals surface area contributed by atoms with Gasteiger partial charge in [-0.15, -0.1) is 0 Å². The third-order valence-corrected chi connectivity index (χ3v) is 4.69. The van der Waals surface area contributed by atoms with Gasteiger partial charge in [0, 0.05) is 20.1 Å². The highest BCUT2D eigenvalue weighted by Crippen LogP contribution is 2.14. The van der Waals surface area contributed by atoms with E-state index in [1.165, 1.54) is 23.3 Å². The van der Waals surface area contributed by atoms with E-state index >= 15 is 0 Å². The average Bonchev–Trinajstić information content (AvgIpc) is 2.70. The predicted molar refractivity (Wildman–Crippen MR) is 113 cm³/mol. The van der Waals surface area contributed by atoms with Crippen LogP contribution in [-0.2, 0) is 13.2 Å². The number of hydrogen-bond acceptors (Lipinski definition) is 3. The number of hydrogen-bond donors (Lipinski definition) is 2. The van der Waals surface area contributed by atoms with Crippen LogP contribution in [0, 0.1) is 0 Å². The molecular weight excluding hydrogens is 342 g/mol. The summed E-state index contributed by atoms with van der Waals surface area (Å²) >= 11 is 1.89. The van der Waals surface area contributed by atoms with Crippen molar-refractivity contribution in [3.63, 3.8) is 0 Å². The first-order valence-corrected chi connectivity index (χ1v) is 10.4. The molecule has 5 heteroatoms. The largest absolute Gasteiger partial charge is 0.489 e. The van der Waals surface area contributed by atoms with Crippen molar-refractivity contribution in [2.45, 2.75) is 26.0 Å². The Labute approximate surface area is 161 Å². The summed E-state index contributed by atoms with van der Waals surface area (Å²) in [6.45, 7) is 2.22. The Morgan fingerprint density at radius 2 is 1.69 bits per heavy atom. The standard InChI is InChI=1S/C21H29N3OS/c1-22-21(23-14-8-9-15-26-2)24-16-18-10-6-7-11-19(18)17-25-20-12-4-3-5-13-20/h3-7,10-13H,8-9,14-17H2,1-2H3,(H2,22,23,24). The maximum Gasteiger partial charge on any atom is 0.191 e. The Morgan fingerprint density at radius 1 is 0.962 bits per heavy atom. The van der Waals surface area contributed by atoms with Gasteiger partial charge in [-0.1, -0.05) is 42.5 Å². The maximum atomic E-state index is 5.89. The highest BCUT2D eigenvalue weighted by atomic mass is 32.2. The van der Waals surface area contributed by atoms with Crippen LogP contribution >= 0.6 is 11.8 Å². The van der Waals surface area contributed by atoms with Crippen LogP contribution in [0.3, 0.4) is 0 Å². The van der Waals surface area contributed by atoms with Crippen molar-refractivity contribution in [1.82, 2.24) is 10.6 Å². The minimum atomic E-state index is 0.558. The molecule has 0 aliphatic carbocycles. The molecule has 0 aliphatic heterocycles. The molecule has 0 fully saturated rings. The van der Waals surface area contributed by atoms with Gasteiger partial charge in [0.2, 0.25) is 0 Å². The molecule has 140 valence electrons. The van der Waals surface area contributed by atoms with Crippen LogP contribution < -0.4 is 15.4 Å². The van der Waals surface area contributed by atoms with E-state index in [1.807, 2.05) is 55.2 Å². The summed E-state index contributed by atoms with van der Waals surface area (Å²) in [6.07, 6.45) is 4.53. The molecule has 0 spiro atoms. The third kappa shape index (κ3) is 7.40. The Kier molecular flexibility index (Phi) is 9.51. The molecule has 0 unspecified atom stereocenters. The summed E-state index contributed by atoms with van der Waals surface area (Å²) in [5, 5.41) is 6.77. The van der Waals surface area contributed by atoms with Crippen molar-refractivity contribution in [1.29, 1.82) is 0 Å². The van der Waals surface area contributed by atoms with Crippen molar-refractivity contribution < 1.29 is 4.74 Å². The van der Waals surface area contributed by atoms with E-state index in [9.17, 15) is 0 Å². The van der Waals surface area contributed by atoms with Gasteiger partial charge in [0.15, 0.2) is 5.96 Å². The highest BCUT2D eigenvalue weighted by Gasteiger charge is 2.04. The number of para-hydroxylation sites is 1. The van der Waals surface area contributed by atoms with Gasteiger partial charge in [-0.2, -0.15) is 11.8 Å². The van der Waals surface area contributed by atoms with E-state index in [-0.39, 0.29) is 0 Å². The fourth-order valence-corrected chi connectivity index (χ4v) is 3.02. The third-order valence-electron chi connectivity index (χ3n) is 3.99. The Balaban J connectivity index is 1.82. The van der Waals surface area contributed by atoms with Crippen molar-refractivity contribution in [2.24, 2.45) is 4.99 Å². The molecule has 0 aliphatic rings. The van der Waals surface area contributed by atoms with Crippen molar-refractivity contribution >= 4 is 17.7 Å². The van der Waals surface area contributed by atoms with Gasteiger partial charge in [0.05, 0.1) is 0 Å². The molecular formula is C21H29N3OS. The maximum absolute atomic E-state index is 5.89. The average molecular weight is 372 g/mol. The van der Waals surface area contributed by atoms with Crippen molar-refractivity contribution in [3.8, 4) is 5.75 Å². The van der Waals surface area contributed by atoms with Crippen LogP contribution in [0.25, 0.3) is 0 Å². The smallest absolute Gasteiger partial charge is 0.191 e. The fraction of sp³-hybridized carbons (Fsp3) is 0.381. The predicted octanol–water partition coefficient (Wildman–Crippen LogP) is 4.07. The van der Waals surface area contributed by atoms with Gasteiger partial charge in [-0.3, -0.25) is 4.99 Å². The SMILES string of the molecule is CN=C(NCCCCSC)NCc1ccccc1COc1ccccc1. The number of rotatable bonds is 10. The second-order valence-electron chi connectivity index (χ2n) is 5.92. The number of ether oxygens (including phenoxy) is 1. The Morgan fingerprint density at radius 3 is 2.42 bits per heavy atom. The summed E-state index contributed by atoms with van der Waals surface area (Å²) in [5.41, 5.74) is 2.40. The van der Waals surface area contributed by atoms with Gasteiger partial charge in [0.1, 0.15) is 12.4 Å². The van der Waals surface area contributed by atoms with E-state index in [4.69, 9.17) is 4.74 Å². The molecule has 0 radical (unpaired) electrons. The van der Waals surface area contributed by atoms with E-state index in [2.05, 4.69) is 40.1 Å². The van der Waals surface area contributed by atoms with Gasteiger partial charge < -0.3 is 15.4 Å². The molecule has 0 aromatic heterocycles. The zero-order valence-electron chi connectivity index (χ0n) is 15.7. The monoisotopic (exact) mass is 371 g/mol. The molecule has 0 saturated carbocycles. The van der Waals surface area contributed by atoms with Gasteiger partial charge in [0.25, 0.3) is 0 Å². The molecule has 0 bridgehead atoms. The fourth-order valence-electron chi connectivity index (χ4n) is 2.53. The Bertz CT molecular complexity index is 661. The molecule has 0 atom stereocenters. The van der Waals surface area contributed by atoms with E-state index in [1.54, 1.807) is 0 Å². The summed E-state index contributed by atoms with van der Waals surface area (Å²) in [4.78, 5) is 4.30. The Hall–Kier alpha value is -2.14. The lowest BCUT2D eigenvalue weighted by atomic mass is 10.1. The van der Waals surface area contributed by atoms with Crippen molar-refractivity contribution in [2.75, 3.05) is 25.6 Å². The first-order valence-electron chi connectivity index (χ1n) is 9.01. The second-order valence-corrected chi connectivity index (χ2v) is 6.91. The van der Waals surface area contributed by atoms with E-state index in [0.29, 0.717) is 6.61 Å². The van der Waals surface area contributed by atoms with E-state index < -0.39 is 0 Å². The minimum absolute atomic E-state index is 0.558. The lowest BCUT2D eigenvalue weighted by Gasteiger charge is -2.15. The molecule has 2 aromatic carbocycles. The first kappa shape index (κ1) is 20.2. The molecule has 2 N–H and O–H groups in total. The van der Waals surface area contributed by atoms with Crippen LogP contribution in [0.15, 0.2) is 59.6 Å². The van der Waals surface area contributed by atoms with Crippen LogP contribution in [0.4, 0.5) is 0 Å². The summed E-state index contributed by atoms with van der Waals surface area (Å²) < 4.78 is 5.89. The number of nitrogens with one attached hydrogen (secondary N) is 2. The molecule has 2 aromatic rings. The lowest BCUT2D eigenvalue weighted by Crippen LogP contribution is -2.37. The van der Waals surface area contributed by atoms with Crippen LogP contribution in [0.1, 0.15) is 24.0 Å². The molecule has 4 nitrogen and oxygen atoms in total. The number of nitrogens with zero attached hydrogens (tertiary/aromatic N) is 1. The quantitative estimate of drug-likeness (QED) is 0.375.